The van der Waals surface area contributed by atoms with Gasteiger partial charge in [0, 0.05) is 17.6 Å². The summed E-state index contributed by atoms with van der Waals surface area (Å²) in [5.74, 6) is 0.584. The lowest BCUT2D eigenvalue weighted by atomic mass is 10.1. The fourth-order valence-electron chi connectivity index (χ4n) is 3.69. The number of anilines is 2. The molecule has 3 aromatic carbocycles. The molecule has 2 N–H and O–H groups in total. The highest BCUT2D eigenvalue weighted by Gasteiger charge is 2.13. The van der Waals surface area contributed by atoms with Crippen LogP contribution in [0.3, 0.4) is 0 Å². The number of para-hydroxylation sites is 2. The first-order valence-corrected chi connectivity index (χ1v) is 10.7. The molecule has 156 valence electrons. The van der Waals surface area contributed by atoms with Gasteiger partial charge in [-0.1, -0.05) is 73.2 Å². The van der Waals surface area contributed by atoms with Crippen LogP contribution in [0.1, 0.15) is 34.0 Å². The Morgan fingerprint density at radius 2 is 1.68 bits per heavy atom. The Morgan fingerprint density at radius 1 is 0.935 bits per heavy atom. The highest BCUT2D eigenvalue weighted by atomic mass is 16.1. The number of carbonyl (C=O) groups excluding carboxylic acids is 1. The number of nitrogens with zero attached hydrogens (tertiary/aromatic N) is 1. The third-order valence-corrected chi connectivity index (χ3v) is 5.44. The summed E-state index contributed by atoms with van der Waals surface area (Å²) in [6.45, 7) is 4.78. The molecule has 0 bridgehead atoms. The Bertz CT molecular complexity index is 1200. The monoisotopic (exact) mass is 409 g/mol. The van der Waals surface area contributed by atoms with E-state index in [1.165, 1.54) is 16.7 Å². The molecular weight excluding hydrogens is 382 g/mol. The van der Waals surface area contributed by atoms with E-state index in [-0.39, 0.29) is 5.91 Å². The Balaban J connectivity index is 1.57. The van der Waals surface area contributed by atoms with Crippen molar-refractivity contribution in [3.05, 3.63) is 101 Å². The Labute approximate surface area is 183 Å². The average Bonchev–Trinajstić information content (AvgIpc) is 2.80. The van der Waals surface area contributed by atoms with Crippen molar-refractivity contribution in [1.82, 2.24) is 10.3 Å². The summed E-state index contributed by atoms with van der Waals surface area (Å²) in [7, 11) is 0. The maximum absolute atomic E-state index is 13.1. The number of aromatic nitrogens is 1. The van der Waals surface area contributed by atoms with Crippen LogP contribution in [0.5, 0.6) is 0 Å². The summed E-state index contributed by atoms with van der Waals surface area (Å²) in [5, 5.41) is 7.33. The number of hydrogen-bond donors (Lipinski definition) is 2. The molecule has 0 aliphatic rings. The van der Waals surface area contributed by atoms with Gasteiger partial charge >= 0.3 is 0 Å². The molecule has 0 unspecified atom stereocenters. The van der Waals surface area contributed by atoms with E-state index in [1.54, 1.807) is 0 Å². The number of pyridine rings is 1. The minimum atomic E-state index is -0.0856. The minimum Gasteiger partial charge on any atom is -0.352 e. The number of hydrogen-bond acceptors (Lipinski definition) is 3. The molecule has 0 radical (unpaired) electrons. The second kappa shape index (κ2) is 9.43. The highest BCUT2D eigenvalue weighted by molar-refractivity contribution is 6.07. The van der Waals surface area contributed by atoms with Crippen molar-refractivity contribution in [2.75, 3.05) is 11.9 Å². The van der Waals surface area contributed by atoms with E-state index in [9.17, 15) is 4.79 Å². The second-order valence-corrected chi connectivity index (χ2v) is 7.70. The van der Waals surface area contributed by atoms with Crippen molar-refractivity contribution >= 4 is 28.3 Å². The number of benzene rings is 3. The van der Waals surface area contributed by atoms with Gasteiger partial charge in [-0.25, -0.2) is 4.98 Å². The lowest BCUT2D eigenvalue weighted by Crippen LogP contribution is -2.26. The zero-order valence-corrected chi connectivity index (χ0v) is 18.0. The minimum absolute atomic E-state index is 0.0856. The molecule has 4 heteroatoms. The zero-order valence-electron chi connectivity index (χ0n) is 18.0. The van der Waals surface area contributed by atoms with Crippen LogP contribution >= 0.6 is 0 Å². The third-order valence-electron chi connectivity index (χ3n) is 5.44. The summed E-state index contributed by atoms with van der Waals surface area (Å²) in [4.78, 5) is 17.8. The smallest absolute Gasteiger partial charge is 0.252 e. The largest absolute Gasteiger partial charge is 0.352 e. The predicted octanol–water partition coefficient (Wildman–Crippen LogP) is 5.82. The summed E-state index contributed by atoms with van der Waals surface area (Å²) in [6, 6.07) is 26.2. The van der Waals surface area contributed by atoms with Gasteiger partial charge in [0.15, 0.2) is 0 Å². The van der Waals surface area contributed by atoms with E-state index in [4.69, 9.17) is 4.98 Å². The van der Waals surface area contributed by atoms with Gasteiger partial charge in [-0.05, 0) is 49.1 Å². The summed E-state index contributed by atoms with van der Waals surface area (Å²) < 4.78 is 0. The maximum Gasteiger partial charge on any atom is 0.252 e. The van der Waals surface area contributed by atoms with Crippen LogP contribution in [0.25, 0.3) is 10.9 Å². The third kappa shape index (κ3) is 4.92. The number of nitrogens with one attached hydrogen (secondary N) is 2. The van der Waals surface area contributed by atoms with Crippen molar-refractivity contribution in [2.24, 2.45) is 0 Å². The van der Waals surface area contributed by atoms with Crippen LogP contribution in [-0.4, -0.2) is 17.4 Å². The summed E-state index contributed by atoms with van der Waals surface area (Å²) in [6.07, 6.45) is 1.72. The molecule has 0 aliphatic heterocycles. The summed E-state index contributed by atoms with van der Waals surface area (Å²) in [5.41, 5.74) is 6.10. The fraction of sp³-hybridized carbons (Fsp3) is 0.185. The first-order chi connectivity index (χ1) is 15.1. The van der Waals surface area contributed by atoms with Gasteiger partial charge in [0.2, 0.25) is 0 Å². The number of fused-ring (bicyclic) bond motifs is 1. The van der Waals surface area contributed by atoms with E-state index in [2.05, 4.69) is 54.8 Å². The van der Waals surface area contributed by atoms with E-state index < -0.39 is 0 Å². The highest BCUT2D eigenvalue weighted by Crippen LogP contribution is 2.25. The van der Waals surface area contributed by atoms with Crippen molar-refractivity contribution in [2.45, 2.75) is 26.7 Å². The first-order valence-electron chi connectivity index (χ1n) is 10.7. The number of rotatable bonds is 7. The average molecular weight is 410 g/mol. The molecule has 1 amide bonds. The molecule has 31 heavy (non-hydrogen) atoms. The van der Waals surface area contributed by atoms with Crippen LogP contribution in [0.2, 0.25) is 0 Å². The van der Waals surface area contributed by atoms with Gasteiger partial charge in [-0.3, -0.25) is 4.79 Å². The van der Waals surface area contributed by atoms with Crippen LogP contribution in [0.15, 0.2) is 78.9 Å². The molecule has 0 saturated heterocycles. The van der Waals surface area contributed by atoms with Crippen LogP contribution in [0.4, 0.5) is 11.5 Å². The van der Waals surface area contributed by atoms with Gasteiger partial charge in [0.05, 0.1) is 11.1 Å². The number of amides is 1. The molecular formula is C27H27N3O. The Morgan fingerprint density at radius 3 is 2.48 bits per heavy atom. The van der Waals surface area contributed by atoms with Crippen LogP contribution < -0.4 is 10.6 Å². The predicted molar refractivity (Wildman–Crippen MR) is 128 cm³/mol. The molecule has 0 atom stereocenters. The van der Waals surface area contributed by atoms with Crippen LogP contribution in [-0.2, 0) is 12.8 Å². The topological polar surface area (TPSA) is 54.0 Å². The van der Waals surface area contributed by atoms with Crippen molar-refractivity contribution in [3.63, 3.8) is 0 Å². The van der Waals surface area contributed by atoms with Crippen molar-refractivity contribution < 1.29 is 4.79 Å². The number of carbonyl (C=O) groups is 1. The number of aryl methyl sites for hydroxylation is 2. The van der Waals surface area contributed by atoms with Gasteiger partial charge in [-0.15, -0.1) is 0 Å². The molecule has 0 aliphatic carbocycles. The van der Waals surface area contributed by atoms with Gasteiger partial charge in [-0.2, -0.15) is 0 Å². The normalized spacial score (nSPS) is 10.8. The van der Waals surface area contributed by atoms with E-state index in [0.717, 1.165) is 29.4 Å². The standard InChI is InChI=1S/C27H27N3O/c1-3-21-8-4-6-10-24(21)29-26-18-23(22-9-5-7-11-25(22)30-26)27(31)28-17-16-20-14-12-19(2)13-15-20/h4-15,18H,3,16-17H2,1-2H3,(H,28,31)(H,29,30). The second-order valence-electron chi connectivity index (χ2n) is 7.70. The molecule has 1 aromatic heterocycles. The summed E-state index contributed by atoms with van der Waals surface area (Å²) >= 11 is 0. The van der Waals surface area contributed by atoms with Crippen molar-refractivity contribution in [1.29, 1.82) is 0 Å². The molecule has 0 spiro atoms. The lowest BCUT2D eigenvalue weighted by molar-refractivity contribution is 0.0955. The van der Waals surface area contributed by atoms with E-state index >= 15 is 0 Å². The van der Waals surface area contributed by atoms with E-state index in [1.807, 2.05) is 48.5 Å². The zero-order chi connectivity index (χ0) is 21.6. The van der Waals surface area contributed by atoms with E-state index in [0.29, 0.717) is 17.9 Å². The molecule has 4 rings (SSSR count). The molecule has 4 aromatic rings. The Hall–Kier alpha value is -3.66. The maximum atomic E-state index is 13.1. The Kier molecular flexibility index (Phi) is 6.27. The molecule has 0 saturated carbocycles. The molecule has 1 heterocycles. The SMILES string of the molecule is CCc1ccccc1Nc1cc(C(=O)NCCc2ccc(C)cc2)c2ccccc2n1. The fourth-order valence-corrected chi connectivity index (χ4v) is 3.69. The molecule has 0 fully saturated rings. The quantitative estimate of drug-likeness (QED) is 0.404. The van der Waals surface area contributed by atoms with Gasteiger partial charge in [0.1, 0.15) is 5.82 Å². The van der Waals surface area contributed by atoms with Gasteiger partial charge < -0.3 is 10.6 Å². The lowest BCUT2D eigenvalue weighted by Gasteiger charge is -2.13. The first kappa shape index (κ1) is 20.6. The van der Waals surface area contributed by atoms with Crippen molar-refractivity contribution in [3.8, 4) is 0 Å². The van der Waals surface area contributed by atoms with Crippen LogP contribution in [0, 0.1) is 6.92 Å². The van der Waals surface area contributed by atoms with Gasteiger partial charge in [0.25, 0.3) is 5.91 Å². The molecule has 4 nitrogen and oxygen atoms in total.